The Morgan fingerprint density at radius 3 is 2.96 bits per heavy atom. The molecular weight excluding hydrogens is 306 g/mol. The highest BCUT2D eigenvalue weighted by molar-refractivity contribution is 5.99. The van der Waals surface area contributed by atoms with Gasteiger partial charge in [0.2, 0.25) is 5.91 Å². The summed E-state index contributed by atoms with van der Waals surface area (Å²) in [6, 6.07) is 6.56. The first-order valence-corrected chi connectivity index (χ1v) is 8.69. The van der Waals surface area contributed by atoms with Crippen molar-refractivity contribution in [3.8, 4) is 0 Å². The van der Waals surface area contributed by atoms with Crippen LogP contribution in [0, 0.1) is 0 Å². The highest BCUT2D eigenvalue weighted by atomic mass is 16.6. The van der Waals surface area contributed by atoms with Crippen molar-refractivity contribution in [3.05, 3.63) is 23.8 Å². The average molecular weight is 329 g/mol. The Morgan fingerprint density at radius 1 is 1.33 bits per heavy atom. The minimum Gasteiger partial charge on any atom is -0.450 e. The van der Waals surface area contributed by atoms with Crippen molar-refractivity contribution in [1.82, 2.24) is 4.90 Å². The van der Waals surface area contributed by atoms with E-state index in [9.17, 15) is 9.59 Å². The van der Waals surface area contributed by atoms with Gasteiger partial charge in [-0.1, -0.05) is 12.1 Å². The molecule has 1 fully saturated rings. The number of ether oxygens (including phenoxy) is 1. The summed E-state index contributed by atoms with van der Waals surface area (Å²) in [5.74, 6) is 0.456. The van der Waals surface area contributed by atoms with Crippen LogP contribution >= 0.6 is 0 Å². The summed E-state index contributed by atoms with van der Waals surface area (Å²) in [4.78, 5) is 30.4. The Labute approximate surface area is 142 Å². The normalized spacial score (nSPS) is 25.2. The molecule has 2 unspecified atom stereocenters. The van der Waals surface area contributed by atoms with Crippen LogP contribution < -0.4 is 9.80 Å². The Morgan fingerprint density at radius 2 is 2.17 bits per heavy atom. The number of carbonyl (C=O) groups is 2. The van der Waals surface area contributed by atoms with E-state index in [1.54, 1.807) is 4.90 Å². The summed E-state index contributed by atoms with van der Waals surface area (Å²) in [5, 5.41) is 0. The number of carbonyl (C=O) groups excluding carboxylic acids is 2. The van der Waals surface area contributed by atoms with Gasteiger partial charge >= 0.3 is 6.09 Å². The van der Waals surface area contributed by atoms with Crippen molar-refractivity contribution in [1.29, 1.82) is 0 Å². The van der Waals surface area contributed by atoms with E-state index < -0.39 is 0 Å². The van der Waals surface area contributed by atoms with Crippen LogP contribution in [0.3, 0.4) is 0 Å². The molecule has 24 heavy (non-hydrogen) atoms. The molecule has 0 saturated carbocycles. The van der Waals surface area contributed by atoms with E-state index >= 15 is 0 Å². The molecule has 128 valence electrons. The van der Waals surface area contributed by atoms with Crippen molar-refractivity contribution >= 4 is 23.4 Å². The Bertz CT molecular complexity index is 690. The lowest BCUT2D eigenvalue weighted by atomic mass is 9.89. The van der Waals surface area contributed by atoms with E-state index in [1.807, 2.05) is 31.0 Å². The molecule has 4 rings (SSSR count). The number of piperidine rings is 1. The molecule has 1 aromatic carbocycles. The van der Waals surface area contributed by atoms with Crippen LogP contribution in [0.2, 0.25) is 0 Å². The second kappa shape index (κ2) is 5.69. The first kappa shape index (κ1) is 15.3. The van der Waals surface area contributed by atoms with Crippen molar-refractivity contribution in [2.24, 2.45) is 0 Å². The number of amides is 2. The molecule has 0 radical (unpaired) electrons. The molecule has 6 nitrogen and oxygen atoms in total. The quantitative estimate of drug-likeness (QED) is 0.792. The monoisotopic (exact) mass is 329 g/mol. The minimum absolute atomic E-state index is 0.165. The molecule has 6 heteroatoms. The fourth-order valence-corrected chi connectivity index (χ4v) is 4.39. The second-order valence-electron chi connectivity index (χ2n) is 6.72. The maximum absolute atomic E-state index is 12.3. The van der Waals surface area contributed by atoms with Gasteiger partial charge in [-0.3, -0.25) is 4.79 Å². The van der Waals surface area contributed by atoms with Gasteiger partial charge in [0.05, 0.1) is 18.0 Å². The van der Waals surface area contributed by atoms with Crippen LogP contribution in [0.5, 0.6) is 0 Å². The molecule has 2 atom stereocenters. The average Bonchev–Trinajstić information content (AvgIpc) is 2.85. The third kappa shape index (κ3) is 2.16. The van der Waals surface area contributed by atoms with Gasteiger partial charge in [-0.2, -0.15) is 0 Å². The molecule has 0 spiro atoms. The number of likely N-dealkylation sites (tertiary alicyclic amines) is 1. The molecule has 3 aliphatic rings. The molecule has 0 aromatic heterocycles. The topological polar surface area (TPSA) is 53.1 Å². The van der Waals surface area contributed by atoms with Crippen LogP contribution in [0.4, 0.5) is 16.2 Å². The largest absolute Gasteiger partial charge is 0.450 e. The number of anilines is 2. The van der Waals surface area contributed by atoms with Crippen molar-refractivity contribution in [2.75, 3.05) is 43.1 Å². The number of nitrogens with zero attached hydrogens (tertiary/aromatic N) is 3. The number of hydrogen-bond donors (Lipinski definition) is 0. The third-order valence-electron chi connectivity index (χ3n) is 5.54. The molecule has 0 N–H and O–H groups in total. The molecule has 3 heterocycles. The fraction of sp³-hybridized carbons (Fsp3) is 0.556. The maximum Gasteiger partial charge on any atom is 0.409 e. The molecule has 2 amide bonds. The van der Waals surface area contributed by atoms with Gasteiger partial charge in [-0.25, -0.2) is 4.79 Å². The van der Waals surface area contributed by atoms with Crippen LogP contribution in [-0.4, -0.2) is 56.2 Å². The summed E-state index contributed by atoms with van der Waals surface area (Å²) in [6.07, 6.45) is 1.23. The van der Waals surface area contributed by atoms with Gasteiger partial charge in [0.15, 0.2) is 0 Å². The van der Waals surface area contributed by atoms with E-state index in [0.29, 0.717) is 38.1 Å². The number of benzene rings is 1. The van der Waals surface area contributed by atoms with Gasteiger partial charge < -0.3 is 19.4 Å². The number of fused-ring (bicyclic) bond motifs is 3. The Kier molecular flexibility index (Phi) is 3.62. The summed E-state index contributed by atoms with van der Waals surface area (Å²) in [5.41, 5.74) is 3.44. The molecule has 3 aliphatic heterocycles. The highest BCUT2D eigenvalue weighted by Crippen LogP contribution is 2.50. The van der Waals surface area contributed by atoms with E-state index in [4.69, 9.17) is 4.74 Å². The lowest BCUT2D eigenvalue weighted by molar-refractivity contribution is -0.118. The zero-order chi connectivity index (χ0) is 16.8. The third-order valence-corrected chi connectivity index (χ3v) is 5.54. The van der Waals surface area contributed by atoms with E-state index in [-0.39, 0.29) is 12.0 Å². The van der Waals surface area contributed by atoms with E-state index in [0.717, 1.165) is 18.7 Å². The van der Waals surface area contributed by atoms with Crippen molar-refractivity contribution < 1.29 is 14.3 Å². The van der Waals surface area contributed by atoms with Gasteiger partial charge in [-0.15, -0.1) is 0 Å². The van der Waals surface area contributed by atoms with Crippen LogP contribution in [0.15, 0.2) is 18.2 Å². The molecule has 0 bridgehead atoms. The Hall–Kier alpha value is -2.24. The summed E-state index contributed by atoms with van der Waals surface area (Å²) in [6.45, 7) is 4.40. The second-order valence-corrected chi connectivity index (χ2v) is 6.72. The zero-order valence-corrected chi connectivity index (χ0v) is 14.2. The highest BCUT2D eigenvalue weighted by Gasteiger charge is 2.45. The molecule has 0 aliphatic carbocycles. The van der Waals surface area contributed by atoms with Crippen molar-refractivity contribution in [3.63, 3.8) is 0 Å². The maximum atomic E-state index is 12.3. The fourth-order valence-electron chi connectivity index (χ4n) is 4.39. The summed E-state index contributed by atoms with van der Waals surface area (Å²) >= 11 is 0. The van der Waals surface area contributed by atoms with Crippen molar-refractivity contribution in [2.45, 2.75) is 31.7 Å². The SMILES string of the molecule is CCOC(=O)N1CCC2C(C1)c1cccc3c1N2CCC(=O)N3C. The lowest BCUT2D eigenvalue weighted by Crippen LogP contribution is -2.48. The minimum atomic E-state index is -0.216. The number of rotatable bonds is 1. The lowest BCUT2D eigenvalue weighted by Gasteiger charge is -2.38. The predicted octanol–water partition coefficient (Wildman–Crippen LogP) is 2.19. The molecule has 1 saturated heterocycles. The van der Waals surface area contributed by atoms with Crippen LogP contribution in [0.1, 0.15) is 31.2 Å². The first-order valence-electron chi connectivity index (χ1n) is 8.69. The molecular formula is C18H23N3O3. The van der Waals surface area contributed by atoms with Crippen LogP contribution in [0.25, 0.3) is 0 Å². The summed E-state index contributed by atoms with van der Waals surface area (Å²) < 4.78 is 5.18. The van der Waals surface area contributed by atoms with E-state index in [2.05, 4.69) is 11.0 Å². The van der Waals surface area contributed by atoms with Gasteiger partial charge in [-0.05, 0) is 25.0 Å². The van der Waals surface area contributed by atoms with Gasteiger partial charge in [0, 0.05) is 45.1 Å². The smallest absolute Gasteiger partial charge is 0.409 e. The van der Waals surface area contributed by atoms with Gasteiger partial charge in [0.1, 0.15) is 0 Å². The van der Waals surface area contributed by atoms with E-state index in [1.165, 1.54) is 11.3 Å². The number of para-hydroxylation sites is 1. The first-order chi connectivity index (χ1) is 11.6. The summed E-state index contributed by atoms with van der Waals surface area (Å²) in [7, 11) is 1.86. The predicted molar refractivity (Wildman–Crippen MR) is 91.6 cm³/mol. The number of hydrogen-bond acceptors (Lipinski definition) is 4. The Balaban J connectivity index is 1.71. The van der Waals surface area contributed by atoms with Crippen LogP contribution in [-0.2, 0) is 9.53 Å². The zero-order valence-electron chi connectivity index (χ0n) is 14.2. The van der Waals surface area contributed by atoms with Gasteiger partial charge in [0.25, 0.3) is 0 Å². The molecule has 1 aromatic rings. The standard InChI is InChI=1S/C18H23N3O3/c1-3-24-18(23)20-9-7-14-13(11-20)12-5-4-6-15-17(12)21(14)10-8-16(22)19(15)2/h4-6,13-14H,3,7-11H2,1-2H3.